The first kappa shape index (κ1) is 15.2. The lowest BCUT2D eigenvalue weighted by Gasteiger charge is -2.10. The maximum Gasteiger partial charge on any atom is 0.186 e. The van der Waals surface area contributed by atoms with Gasteiger partial charge in [-0.05, 0) is 29.8 Å². The highest BCUT2D eigenvalue weighted by Crippen LogP contribution is 2.29. The molecule has 4 nitrogen and oxygen atoms in total. The number of ether oxygens (including phenoxy) is 1. The Morgan fingerprint density at radius 3 is 2.29 bits per heavy atom. The summed E-state index contributed by atoms with van der Waals surface area (Å²) in [6, 6.07) is 6.73. The minimum absolute atomic E-state index is 0.0198. The minimum Gasteiger partial charge on any atom is -0.495 e. The Morgan fingerprint density at radius 1 is 1.10 bits per heavy atom. The highest BCUT2D eigenvalue weighted by Gasteiger charge is 2.21. The summed E-state index contributed by atoms with van der Waals surface area (Å²) in [5.41, 5.74) is 5.93. The van der Waals surface area contributed by atoms with Crippen molar-refractivity contribution in [3.63, 3.8) is 0 Å². The molecule has 0 atom stereocenters. The Hall–Kier alpha value is -2.15. The fourth-order valence-electron chi connectivity index (χ4n) is 1.93. The maximum atomic E-state index is 13.1. The Labute approximate surface area is 121 Å². The summed E-state index contributed by atoms with van der Waals surface area (Å²) >= 11 is 0. The molecule has 0 aliphatic rings. The Kier molecular flexibility index (Phi) is 4.13. The summed E-state index contributed by atoms with van der Waals surface area (Å²) in [6.07, 6.45) is 0. The number of rotatable bonds is 4. The quantitative estimate of drug-likeness (QED) is 0.881. The summed E-state index contributed by atoms with van der Waals surface area (Å²) in [5.74, 6) is -2.11. The van der Waals surface area contributed by atoms with E-state index in [4.69, 9.17) is 10.5 Å². The first-order valence-electron chi connectivity index (χ1n) is 5.93. The van der Waals surface area contributed by atoms with Gasteiger partial charge in [-0.3, -0.25) is 0 Å². The predicted molar refractivity (Wildman–Crippen MR) is 74.7 cm³/mol. The zero-order chi connectivity index (χ0) is 15.6. The molecule has 0 aliphatic heterocycles. The summed E-state index contributed by atoms with van der Waals surface area (Å²) in [7, 11) is -2.51. The van der Waals surface area contributed by atoms with Crippen molar-refractivity contribution in [3.8, 4) is 5.75 Å². The third kappa shape index (κ3) is 3.49. The van der Waals surface area contributed by atoms with Gasteiger partial charge in [0.25, 0.3) is 0 Å². The average Bonchev–Trinajstić information content (AvgIpc) is 2.36. The summed E-state index contributed by atoms with van der Waals surface area (Å²) in [5, 5.41) is 0. The molecule has 0 radical (unpaired) electrons. The highest BCUT2D eigenvalue weighted by molar-refractivity contribution is 7.90. The van der Waals surface area contributed by atoms with Crippen LogP contribution in [0.15, 0.2) is 41.3 Å². The first-order valence-corrected chi connectivity index (χ1v) is 7.58. The zero-order valence-corrected chi connectivity index (χ0v) is 12.0. The van der Waals surface area contributed by atoms with Crippen molar-refractivity contribution in [1.82, 2.24) is 0 Å². The van der Waals surface area contributed by atoms with Gasteiger partial charge in [0.2, 0.25) is 0 Å². The third-order valence-corrected chi connectivity index (χ3v) is 4.52. The van der Waals surface area contributed by atoms with Crippen LogP contribution >= 0.6 is 0 Å². The number of anilines is 1. The van der Waals surface area contributed by atoms with E-state index in [0.29, 0.717) is 11.8 Å². The Bertz CT molecular complexity index is 756. The van der Waals surface area contributed by atoms with Crippen LogP contribution in [-0.4, -0.2) is 15.5 Å². The van der Waals surface area contributed by atoms with Crippen LogP contribution in [0, 0.1) is 11.6 Å². The second-order valence-electron chi connectivity index (χ2n) is 4.45. The predicted octanol–water partition coefficient (Wildman–Crippen LogP) is 2.53. The lowest BCUT2D eigenvalue weighted by Crippen LogP contribution is -2.08. The number of methoxy groups -OCH3 is 1. The molecule has 2 aromatic carbocycles. The van der Waals surface area contributed by atoms with E-state index in [1.54, 1.807) is 0 Å². The van der Waals surface area contributed by atoms with Crippen LogP contribution in [0.25, 0.3) is 0 Å². The molecule has 0 bridgehead atoms. The number of hydrogen-bond acceptors (Lipinski definition) is 4. The van der Waals surface area contributed by atoms with Crippen LogP contribution in [0.2, 0.25) is 0 Å². The second kappa shape index (κ2) is 5.69. The number of nitrogens with two attached hydrogens (primary N) is 1. The lowest BCUT2D eigenvalue weighted by atomic mass is 10.2. The number of benzene rings is 2. The molecule has 0 aromatic heterocycles. The topological polar surface area (TPSA) is 69.4 Å². The van der Waals surface area contributed by atoms with Gasteiger partial charge in [-0.25, -0.2) is 17.2 Å². The second-order valence-corrected chi connectivity index (χ2v) is 6.41. The van der Waals surface area contributed by atoms with Crippen molar-refractivity contribution in [1.29, 1.82) is 0 Å². The van der Waals surface area contributed by atoms with Gasteiger partial charge in [0, 0.05) is 17.8 Å². The molecule has 112 valence electrons. The van der Waals surface area contributed by atoms with Gasteiger partial charge in [-0.15, -0.1) is 0 Å². The Morgan fingerprint density at radius 2 is 1.71 bits per heavy atom. The fraction of sp³-hybridized carbons (Fsp3) is 0.143. The van der Waals surface area contributed by atoms with Gasteiger partial charge in [0.05, 0.1) is 12.9 Å². The molecule has 0 saturated heterocycles. The normalized spacial score (nSPS) is 11.4. The van der Waals surface area contributed by atoms with E-state index in [0.717, 1.165) is 12.1 Å². The average molecular weight is 313 g/mol. The van der Waals surface area contributed by atoms with Crippen LogP contribution in [0.3, 0.4) is 0 Å². The molecule has 0 spiro atoms. The molecule has 2 aromatic rings. The molecular weight excluding hydrogens is 300 g/mol. The van der Waals surface area contributed by atoms with Crippen molar-refractivity contribution in [2.24, 2.45) is 0 Å². The van der Waals surface area contributed by atoms with Crippen LogP contribution in [0.4, 0.5) is 14.5 Å². The van der Waals surface area contributed by atoms with Gasteiger partial charge in [-0.2, -0.15) is 0 Å². The molecule has 0 aliphatic carbocycles. The van der Waals surface area contributed by atoms with Crippen molar-refractivity contribution in [2.45, 2.75) is 10.6 Å². The number of sulfone groups is 1. The smallest absolute Gasteiger partial charge is 0.186 e. The molecule has 0 fully saturated rings. The molecular formula is C14H13F2NO3S. The van der Waals surface area contributed by atoms with Gasteiger partial charge in [0.15, 0.2) is 9.84 Å². The number of nitrogen functional groups attached to an aromatic ring is 1. The SMILES string of the molecule is COc1cc(N)ccc1S(=O)(=O)Cc1cc(F)cc(F)c1. The minimum atomic E-state index is -3.82. The fourth-order valence-corrected chi connectivity index (χ4v) is 3.42. The molecule has 2 N–H and O–H groups in total. The van der Waals surface area contributed by atoms with E-state index in [9.17, 15) is 17.2 Å². The molecule has 0 saturated carbocycles. The largest absolute Gasteiger partial charge is 0.495 e. The van der Waals surface area contributed by atoms with Crippen LogP contribution in [-0.2, 0) is 15.6 Å². The third-order valence-electron chi connectivity index (χ3n) is 2.80. The monoisotopic (exact) mass is 313 g/mol. The molecule has 0 amide bonds. The molecule has 2 rings (SSSR count). The van der Waals surface area contributed by atoms with Crippen molar-refractivity contribution in [2.75, 3.05) is 12.8 Å². The van der Waals surface area contributed by atoms with E-state index in [2.05, 4.69) is 0 Å². The maximum absolute atomic E-state index is 13.1. The highest BCUT2D eigenvalue weighted by atomic mass is 32.2. The van der Waals surface area contributed by atoms with Gasteiger partial charge in [0.1, 0.15) is 22.3 Å². The summed E-state index contributed by atoms with van der Waals surface area (Å²) in [4.78, 5) is -0.0798. The van der Waals surface area contributed by atoms with E-state index in [1.165, 1.54) is 25.3 Å². The van der Waals surface area contributed by atoms with Crippen LogP contribution in [0.5, 0.6) is 5.75 Å². The molecule has 0 unspecified atom stereocenters. The van der Waals surface area contributed by atoms with E-state index >= 15 is 0 Å². The molecule has 21 heavy (non-hydrogen) atoms. The molecule has 7 heteroatoms. The van der Waals surface area contributed by atoms with E-state index in [1.807, 2.05) is 0 Å². The van der Waals surface area contributed by atoms with Crippen molar-refractivity contribution in [3.05, 3.63) is 53.6 Å². The number of hydrogen-bond donors (Lipinski definition) is 1. The van der Waals surface area contributed by atoms with Gasteiger partial charge < -0.3 is 10.5 Å². The van der Waals surface area contributed by atoms with E-state index < -0.39 is 27.2 Å². The van der Waals surface area contributed by atoms with Crippen LogP contribution in [0.1, 0.15) is 5.56 Å². The standard InChI is InChI=1S/C14H13F2NO3S/c1-20-13-7-12(17)2-3-14(13)21(18,19)8-9-4-10(15)6-11(16)5-9/h2-7H,8,17H2,1H3. The van der Waals surface area contributed by atoms with Crippen LogP contribution < -0.4 is 10.5 Å². The summed E-state index contributed by atoms with van der Waals surface area (Å²) in [6.45, 7) is 0. The summed E-state index contributed by atoms with van der Waals surface area (Å²) < 4.78 is 55.9. The Balaban J connectivity index is 2.43. The van der Waals surface area contributed by atoms with E-state index in [-0.39, 0.29) is 16.2 Å². The zero-order valence-electron chi connectivity index (χ0n) is 11.1. The van der Waals surface area contributed by atoms with Gasteiger partial charge in [-0.1, -0.05) is 0 Å². The van der Waals surface area contributed by atoms with Crippen molar-refractivity contribution >= 4 is 15.5 Å². The number of halogens is 2. The van der Waals surface area contributed by atoms with Gasteiger partial charge >= 0.3 is 0 Å². The molecule has 0 heterocycles. The first-order chi connectivity index (χ1) is 9.81. The van der Waals surface area contributed by atoms with Crippen molar-refractivity contribution < 1.29 is 21.9 Å². The lowest BCUT2D eigenvalue weighted by molar-refractivity contribution is 0.403.